The van der Waals surface area contributed by atoms with Crippen molar-refractivity contribution in [2.24, 2.45) is 0 Å². The van der Waals surface area contributed by atoms with E-state index in [1.54, 1.807) is 24.3 Å². The molecule has 0 spiro atoms. The van der Waals surface area contributed by atoms with E-state index >= 15 is 0 Å². The number of anilines is 1. The summed E-state index contributed by atoms with van der Waals surface area (Å²) in [4.78, 5) is 29.6. The summed E-state index contributed by atoms with van der Waals surface area (Å²) in [6.45, 7) is 3.31. The molecule has 5 rings (SSSR count). The SMILES string of the molecule is CC(=O)Nc1ccc(/C=C/C(=O)c2sc(-n3nc(-c4ccccc4)cc3-c3ccccc3)nc2C)cc1. The second-order valence-electron chi connectivity index (χ2n) is 8.47. The van der Waals surface area contributed by atoms with Crippen LogP contribution in [0.15, 0.2) is 97.1 Å². The fourth-order valence-electron chi connectivity index (χ4n) is 3.92. The van der Waals surface area contributed by atoms with Crippen LogP contribution < -0.4 is 5.32 Å². The molecule has 2 heterocycles. The molecule has 0 aliphatic rings. The number of carbonyl (C=O) groups excluding carboxylic acids is 2. The number of benzene rings is 3. The average Bonchev–Trinajstić information content (AvgIpc) is 3.53. The van der Waals surface area contributed by atoms with Crippen LogP contribution in [0.25, 0.3) is 33.7 Å². The van der Waals surface area contributed by atoms with Gasteiger partial charge in [0.1, 0.15) is 0 Å². The van der Waals surface area contributed by atoms with Gasteiger partial charge in [-0.1, -0.05) is 90.2 Å². The third kappa shape index (κ3) is 5.47. The standard InChI is InChI=1S/C30H24N4O2S/c1-20-29(28(36)18-15-22-13-16-25(17-14-22)32-21(2)35)37-30(31-20)34-27(24-11-7-4-8-12-24)19-26(33-34)23-9-5-3-6-10-23/h3-19H,1-2H3,(H,32,35)/b18-15+. The molecule has 3 aromatic carbocycles. The first kappa shape index (κ1) is 24.1. The summed E-state index contributed by atoms with van der Waals surface area (Å²) in [5.41, 5.74) is 5.99. The van der Waals surface area contributed by atoms with E-state index in [9.17, 15) is 9.59 Å². The van der Waals surface area contributed by atoms with E-state index in [2.05, 4.69) is 5.32 Å². The minimum atomic E-state index is -0.126. The Balaban J connectivity index is 1.45. The lowest BCUT2D eigenvalue weighted by atomic mass is 10.1. The first-order valence-corrected chi connectivity index (χ1v) is 12.6. The highest BCUT2D eigenvalue weighted by atomic mass is 32.1. The van der Waals surface area contributed by atoms with Gasteiger partial charge in [-0.15, -0.1) is 0 Å². The van der Waals surface area contributed by atoms with Crippen LogP contribution in [0.2, 0.25) is 0 Å². The van der Waals surface area contributed by atoms with E-state index in [-0.39, 0.29) is 11.7 Å². The van der Waals surface area contributed by atoms with Crippen molar-refractivity contribution >= 4 is 34.8 Å². The number of hydrogen-bond donors (Lipinski definition) is 1. The maximum absolute atomic E-state index is 13.1. The van der Waals surface area contributed by atoms with Crippen LogP contribution in [0.5, 0.6) is 0 Å². The van der Waals surface area contributed by atoms with Crippen molar-refractivity contribution in [3.05, 3.63) is 113 Å². The van der Waals surface area contributed by atoms with Crippen molar-refractivity contribution in [2.45, 2.75) is 13.8 Å². The van der Waals surface area contributed by atoms with Gasteiger partial charge in [0.15, 0.2) is 5.78 Å². The largest absolute Gasteiger partial charge is 0.326 e. The minimum absolute atomic E-state index is 0.121. The van der Waals surface area contributed by atoms with E-state index in [4.69, 9.17) is 10.1 Å². The van der Waals surface area contributed by atoms with Crippen molar-refractivity contribution in [2.75, 3.05) is 5.32 Å². The van der Waals surface area contributed by atoms with Gasteiger partial charge in [-0.2, -0.15) is 5.10 Å². The quantitative estimate of drug-likeness (QED) is 0.195. The predicted molar refractivity (Wildman–Crippen MR) is 149 cm³/mol. The van der Waals surface area contributed by atoms with Crippen LogP contribution >= 0.6 is 11.3 Å². The molecule has 2 aromatic heterocycles. The fraction of sp³-hybridized carbons (Fsp3) is 0.0667. The molecule has 7 heteroatoms. The Morgan fingerprint density at radius 1 is 0.892 bits per heavy atom. The van der Waals surface area contributed by atoms with Crippen LogP contribution in [0.1, 0.15) is 27.9 Å². The number of thiazole rings is 1. The van der Waals surface area contributed by atoms with Crippen LogP contribution in [-0.4, -0.2) is 26.5 Å². The topological polar surface area (TPSA) is 76.9 Å². The summed E-state index contributed by atoms with van der Waals surface area (Å²) in [6, 6.07) is 29.4. The van der Waals surface area contributed by atoms with Gasteiger partial charge < -0.3 is 5.32 Å². The predicted octanol–water partition coefficient (Wildman–Crippen LogP) is 6.83. The van der Waals surface area contributed by atoms with Gasteiger partial charge in [0.25, 0.3) is 0 Å². The number of nitrogens with zero attached hydrogens (tertiary/aromatic N) is 3. The molecule has 0 radical (unpaired) electrons. The maximum Gasteiger partial charge on any atom is 0.221 e. The number of allylic oxidation sites excluding steroid dienone is 1. The lowest BCUT2D eigenvalue weighted by Crippen LogP contribution is -2.05. The number of carbonyl (C=O) groups is 2. The summed E-state index contributed by atoms with van der Waals surface area (Å²) in [6.07, 6.45) is 3.31. The number of hydrogen-bond acceptors (Lipinski definition) is 5. The Kier molecular flexibility index (Phi) is 6.87. The Hall–Kier alpha value is -4.62. The van der Waals surface area contributed by atoms with Crippen molar-refractivity contribution in [3.63, 3.8) is 0 Å². The van der Waals surface area contributed by atoms with Crippen LogP contribution in [0.3, 0.4) is 0 Å². The highest BCUT2D eigenvalue weighted by Crippen LogP contribution is 2.31. The summed E-state index contributed by atoms with van der Waals surface area (Å²) in [7, 11) is 0. The van der Waals surface area contributed by atoms with Crippen molar-refractivity contribution in [3.8, 4) is 27.6 Å². The van der Waals surface area contributed by atoms with Gasteiger partial charge in [0.2, 0.25) is 11.0 Å². The summed E-state index contributed by atoms with van der Waals surface area (Å²) < 4.78 is 1.82. The van der Waals surface area contributed by atoms with Gasteiger partial charge in [-0.05, 0) is 36.8 Å². The zero-order chi connectivity index (χ0) is 25.8. The van der Waals surface area contributed by atoms with Crippen LogP contribution in [0, 0.1) is 6.92 Å². The average molecular weight is 505 g/mol. The molecule has 0 saturated carbocycles. The summed E-state index contributed by atoms with van der Waals surface area (Å²) in [5.74, 6) is -0.248. The molecule has 5 aromatic rings. The molecule has 0 fully saturated rings. The van der Waals surface area contributed by atoms with Gasteiger partial charge >= 0.3 is 0 Å². The molecule has 182 valence electrons. The highest BCUT2D eigenvalue weighted by Gasteiger charge is 2.19. The molecule has 37 heavy (non-hydrogen) atoms. The Morgan fingerprint density at radius 2 is 1.54 bits per heavy atom. The molecule has 0 aliphatic carbocycles. The van der Waals surface area contributed by atoms with Gasteiger partial charge in [-0.3, -0.25) is 9.59 Å². The molecule has 0 aliphatic heterocycles. The number of amides is 1. The second-order valence-corrected chi connectivity index (χ2v) is 9.45. The molecule has 1 N–H and O–H groups in total. The molecule has 6 nitrogen and oxygen atoms in total. The number of ketones is 1. The van der Waals surface area contributed by atoms with E-state index in [1.807, 2.05) is 90.5 Å². The van der Waals surface area contributed by atoms with Gasteiger partial charge in [0, 0.05) is 23.7 Å². The minimum Gasteiger partial charge on any atom is -0.326 e. The third-order valence-corrected chi connectivity index (χ3v) is 6.84. The highest BCUT2D eigenvalue weighted by molar-refractivity contribution is 7.16. The number of aryl methyl sites for hydroxylation is 1. The first-order valence-electron chi connectivity index (χ1n) is 11.8. The maximum atomic E-state index is 13.1. The zero-order valence-corrected chi connectivity index (χ0v) is 21.2. The van der Waals surface area contributed by atoms with Crippen molar-refractivity contribution < 1.29 is 9.59 Å². The van der Waals surface area contributed by atoms with Gasteiger partial charge in [-0.25, -0.2) is 9.67 Å². The number of nitrogens with one attached hydrogen (secondary N) is 1. The lowest BCUT2D eigenvalue weighted by Gasteiger charge is -2.03. The zero-order valence-electron chi connectivity index (χ0n) is 20.4. The third-order valence-electron chi connectivity index (χ3n) is 5.70. The monoisotopic (exact) mass is 504 g/mol. The smallest absolute Gasteiger partial charge is 0.221 e. The molecular formula is C30H24N4O2S. The van der Waals surface area contributed by atoms with Crippen molar-refractivity contribution in [1.29, 1.82) is 0 Å². The lowest BCUT2D eigenvalue weighted by molar-refractivity contribution is -0.114. The number of rotatable bonds is 7. The fourth-order valence-corrected chi connectivity index (χ4v) is 4.87. The normalized spacial score (nSPS) is 11.1. The van der Waals surface area contributed by atoms with Crippen LogP contribution in [-0.2, 0) is 4.79 Å². The van der Waals surface area contributed by atoms with Crippen LogP contribution in [0.4, 0.5) is 5.69 Å². The molecular weight excluding hydrogens is 480 g/mol. The van der Waals surface area contributed by atoms with E-state index < -0.39 is 0 Å². The Labute approximate surface area is 218 Å². The first-order chi connectivity index (χ1) is 18.0. The number of aromatic nitrogens is 3. The second kappa shape index (κ2) is 10.6. The Morgan fingerprint density at radius 3 is 2.19 bits per heavy atom. The molecule has 0 atom stereocenters. The molecule has 0 unspecified atom stereocenters. The van der Waals surface area contributed by atoms with Gasteiger partial charge in [0.05, 0.1) is 22.0 Å². The summed E-state index contributed by atoms with van der Waals surface area (Å²) in [5, 5.41) is 8.23. The van der Waals surface area contributed by atoms with E-state index in [0.717, 1.165) is 28.1 Å². The molecule has 1 amide bonds. The van der Waals surface area contributed by atoms with E-state index in [0.29, 0.717) is 21.4 Å². The molecule has 0 bridgehead atoms. The Bertz CT molecular complexity index is 1580. The molecule has 0 saturated heterocycles. The van der Waals surface area contributed by atoms with E-state index in [1.165, 1.54) is 18.3 Å². The summed E-state index contributed by atoms with van der Waals surface area (Å²) >= 11 is 1.32. The van der Waals surface area contributed by atoms with Crippen molar-refractivity contribution in [1.82, 2.24) is 14.8 Å².